The van der Waals surface area contributed by atoms with E-state index in [1.165, 1.54) is 0 Å². The van der Waals surface area contributed by atoms with Gasteiger partial charge in [0.25, 0.3) is 0 Å². The Labute approximate surface area is 115 Å². The molecule has 20 heavy (non-hydrogen) atoms. The summed E-state index contributed by atoms with van der Waals surface area (Å²) < 4.78 is 38.4. The molecule has 0 saturated heterocycles. The van der Waals surface area contributed by atoms with Crippen LogP contribution in [0.2, 0.25) is 0 Å². The van der Waals surface area contributed by atoms with Crippen LogP contribution >= 0.6 is 0 Å². The fourth-order valence-corrected chi connectivity index (χ4v) is 1.83. The maximum absolute atomic E-state index is 12.8. The van der Waals surface area contributed by atoms with Crippen LogP contribution in [0, 0.1) is 0 Å². The van der Waals surface area contributed by atoms with Crippen LogP contribution in [0.25, 0.3) is 0 Å². The lowest BCUT2D eigenvalue weighted by Gasteiger charge is -2.12. The fourth-order valence-electron chi connectivity index (χ4n) is 1.83. The molecule has 0 aliphatic carbocycles. The SMILES string of the molecule is CCCNCc1cc(CCC(=O)O)cc(C(F)(F)F)c1. The Morgan fingerprint density at radius 3 is 2.45 bits per heavy atom. The van der Waals surface area contributed by atoms with Crippen molar-refractivity contribution < 1.29 is 23.1 Å². The van der Waals surface area contributed by atoms with Gasteiger partial charge in [0, 0.05) is 13.0 Å². The first-order valence-electron chi connectivity index (χ1n) is 6.45. The van der Waals surface area contributed by atoms with Crippen molar-refractivity contribution in [2.24, 2.45) is 0 Å². The van der Waals surface area contributed by atoms with Crippen molar-refractivity contribution in [3.05, 3.63) is 34.9 Å². The highest BCUT2D eigenvalue weighted by molar-refractivity contribution is 5.67. The van der Waals surface area contributed by atoms with E-state index in [1.54, 1.807) is 6.07 Å². The summed E-state index contributed by atoms with van der Waals surface area (Å²) in [5.74, 6) is -1.02. The van der Waals surface area contributed by atoms with E-state index in [4.69, 9.17) is 5.11 Å². The number of carbonyl (C=O) groups is 1. The van der Waals surface area contributed by atoms with Crippen LogP contribution in [0.5, 0.6) is 0 Å². The van der Waals surface area contributed by atoms with E-state index in [0.29, 0.717) is 17.7 Å². The predicted molar refractivity (Wildman–Crippen MR) is 69.4 cm³/mol. The summed E-state index contributed by atoms with van der Waals surface area (Å²) in [7, 11) is 0. The molecule has 0 spiro atoms. The lowest BCUT2D eigenvalue weighted by molar-refractivity contribution is -0.137. The Kier molecular flexibility index (Phi) is 6.01. The highest BCUT2D eigenvalue weighted by atomic mass is 19.4. The first kappa shape index (κ1) is 16.5. The van der Waals surface area contributed by atoms with Crippen molar-refractivity contribution in [2.75, 3.05) is 6.54 Å². The average Bonchev–Trinajstić information content (AvgIpc) is 2.35. The van der Waals surface area contributed by atoms with Gasteiger partial charge in [0.2, 0.25) is 0 Å². The van der Waals surface area contributed by atoms with Crippen molar-refractivity contribution in [3.8, 4) is 0 Å². The third-order valence-electron chi connectivity index (χ3n) is 2.76. The summed E-state index contributed by atoms with van der Waals surface area (Å²) in [6, 6.07) is 3.75. The van der Waals surface area contributed by atoms with Crippen molar-refractivity contribution >= 4 is 5.97 Å². The molecular formula is C14H18F3NO2. The molecule has 0 radical (unpaired) electrons. The predicted octanol–water partition coefficient (Wildman–Crippen LogP) is 3.22. The van der Waals surface area contributed by atoms with Crippen LogP contribution in [0.15, 0.2) is 18.2 Å². The molecule has 3 nitrogen and oxygen atoms in total. The molecule has 0 fully saturated rings. The van der Waals surface area contributed by atoms with E-state index in [1.807, 2.05) is 6.92 Å². The minimum absolute atomic E-state index is 0.0973. The molecule has 0 saturated carbocycles. The van der Waals surface area contributed by atoms with Gasteiger partial charge in [-0.1, -0.05) is 13.0 Å². The molecule has 0 heterocycles. The van der Waals surface area contributed by atoms with Crippen molar-refractivity contribution in [3.63, 3.8) is 0 Å². The molecule has 0 bridgehead atoms. The minimum atomic E-state index is -4.42. The number of aliphatic carboxylic acids is 1. The number of hydrogen-bond donors (Lipinski definition) is 2. The Hall–Kier alpha value is -1.56. The number of carboxylic acids is 1. The van der Waals surface area contributed by atoms with Gasteiger partial charge in [-0.2, -0.15) is 13.2 Å². The zero-order valence-electron chi connectivity index (χ0n) is 11.3. The fraction of sp³-hybridized carbons (Fsp3) is 0.500. The van der Waals surface area contributed by atoms with E-state index in [9.17, 15) is 18.0 Å². The minimum Gasteiger partial charge on any atom is -0.481 e. The van der Waals surface area contributed by atoms with Gasteiger partial charge in [-0.3, -0.25) is 4.79 Å². The summed E-state index contributed by atoms with van der Waals surface area (Å²) in [6.07, 6.45) is -3.60. The van der Waals surface area contributed by atoms with Crippen LogP contribution in [0.4, 0.5) is 13.2 Å². The van der Waals surface area contributed by atoms with E-state index < -0.39 is 17.7 Å². The second kappa shape index (κ2) is 7.28. The molecular weight excluding hydrogens is 271 g/mol. The summed E-state index contributed by atoms with van der Waals surface area (Å²) in [6.45, 7) is 3.04. The highest BCUT2D eigenvalue weighted by Gasteiger charge is 2.31. The number of halogens is 3. The Bertz CT molecular complexity index is 458. The largest absolute Gasteiger partial charge is 0.481 e. The van der Waals surface area contributed by atoms with E-state index in [2.05, 4.69) is 5.32 Å². The molecule has 1 aromatic rings. The zero-order valence-corrected chi connectivity index (χ0v) is 11.3. The van der Waals surface area contributed by atoms with Gasteiger partial charge in [-0.05, 0) is 42.6 Å². The summed E-state index contributed by atoms with van der Waals surface area (Å²) >= 11 is 0. The second-order valence-corrected chi connectivity index (χ2v) is 4.61. The Balaban J connectivity index is 2.92. The third-order valence-corrected chi connectivity index (χ3v) is 2.76. The van der Waals surface area contributed by atoms with Crippen molar-refractivity contribution in [2.45, 2.75) is 38.9 Å². The number of rotatable bonds is 7. The second-order valence-electron chi connectivity index (χ2n) is 4.61. The number of alkyl halides is 3. The maximum Gasteiger partial charge on any atom is 0.416 e. The molecule has 0 unspecified atom stereocenters. The van der Waals surface area contributed by atoms with Gasteiger partial charge >= 0.3 is 12.1 Å². The normalized spacial score (nSPS) is 11.6. The van der Waals surface area contributed by atoms with Gasteiger partial charge in [0.1, 0.15) is 0 Å². The first-order chi connectivity index (χ1) is 9.32. The number of benzene rings is 1. The van der Waals surface area contributed by atoms with Crippen LogP contribution in [-0.2, 0) is 23.9 Å². The zero-order chi connectivity index (χ0) is 15.2. The Morgan fingerprint density at radius 2 is 1.90 bits per heavy atom. The molecule has 1 rings (SSSR count). The molecule has 0 aromatic heterocycles. The lowest BCUT2D eigenvalue weighted by atomic mass is 10.0. The van der Waals surface area contributed by atoms with Gasteiger partial charge in [-0.25, -0.2) is 0 Å². The monoisotopic (exact) mass is 289 g/mol. The van der Waals surface area contributed by atoms with Crippen LogP contribution in [0.3, 0.4) is 0 Å². The number of hydrogen-bond acceptors (Lipinski definition) is 2. The van der Waals surface area contributed by atoms with Crippen LogP contribution in [-0.4, -0.2) is 17.6 Å². The molecule has 2 N–H and O–H groups in total. The number of nitrogens with one attached hydrogen (secondary N) is 1. The van der Waals surface area contributed by atoms with E-state index in [-0.39, 0.29) is 12.8 Å². The van der Waals surface area contributed by atoms with E-state index in [0.717, 1.165) is 25.1 Å². The number of aryl methyl sites for hydroxylation is 1. The topological polar surface area (TPSA) is 49.3 Å². The molecule has 1 aromatic carbocycles. The molecule has 6 heteroatoms. The molecule has 0 aliphatic heterocycles. The summed E-state index contributed by atoms with van der Waals surface area (Å²) in [5.41, 5.74) is 0.192. The van der Waals surface area contributed by atoms with Gasteiger partial charge in [0.05, 0.1) is 5.56 Å². The van der Waals surface area contributed by atoms with Gasteiger partial charge < -0.3 is 10.4 Å². The molecule has 0 atom stereocenters. The van der Waals surface area contributed by atoms with Crippen molar-refractivity contribution in [1.29, 1.82) is 0 Å². The van der Waals surface area contributed by atoms with E-state index >= 15 is 0 Å². The quantitative estimate of drug-likeness (QED) is 0.758. The highest BCUT2D eigenvalue weighted by Crippen LogP contribution is 2.31. The first-order valence-corrected chi connectivity index (χ1v) is 6.45. The molecule has 112 valence electrons. The van der Waals surface area contributed by atoms with Gasteiger partial charge in [-0.15, -0.1) is 0 Å². The van der Waals surface area contributed by atoms with Crippen molar-refractivity contribution in [1.82, 2.24) is 5.32 Å². The smallest absolute Gasteiger partial charge is 0.416 e. The van der Waals surface area contributed by atoms with Crippen LogP contribution in [0.1, 0.15) is 36.5 Å². The standard InChI is InChI=1S/C14H18F3NO2/c1-2-5-18-9-11-6-10(3-4-13(19)20)7-12(8-11)14(15,16)17/h6-8,18H,2-5,9H2,1H3,(H,19,20). The Morgan fingerprint density at radius 1 is 1.25 bits per heavy atom. The van der Waals surface area contributed by atoms with Gasteiger partial charge in [0.15, 0.2) is 0 Å². The lowest BCUT2D eigenvalue weighted by Crippen LogP contribution is -2.15. The molecule has 0 amide bonds. The summed E-state index contributed by atoms with van der Waals surface area (Å²) in [4.78, 5) is 10.5. The average molecular weight is 289 g/mol. The number of carboxylic acid groups (broad SMARTS) is 1. The molecule has 0 aliphatic rings. The maximum atomic E-state index is 12.8. The third kappa shape index (κ3) is 5.61. The van der Waals surface area contributed by atoms with Crippen LogP contribution < -0.4 is 5.32 Å². The summed E-state index contributed by atoms with van der Waals surface area (Å²) in [5, 5.41) is 11.7.